The summed E-state index contributed by atoms with van der Waals surface area (Å²) in [5.41, 5.74) is -0.578. The molecular weight excluding hydrogens is 368 g/mol. The van der Waals surface area contributed by atoms with E-state index in [2.05, 4.69) is 17.1 Å². The number of nitrogens with one attached hydrogen (secondary N) is 1. The van der Waals surface area contributed by atoms with Crippen molar-refractivity contribution in [3.63, 3.8) is 0 Å². The third kappa shape index (κ3) is 7.76. The van der Waals surface area contributed by atoms with Crippen LogP contribution < -0.4 is 5.32 Å². The van der Waals surface area contributed by atoms with Gasteiger partial charge in [0.2, 0.25) is 0 Å². The van der Waals surface area contributed by atoms with Crippen molar-refractivity contribution in [3.05, 3.63) is 0 Å². The van der Waals surface area contributed by atoms with Crippen molar-refractivity contribution in [2.75, 3.05) is 67.3 Å². The number of rotatable bonds is 16. The maximum atomic E-state index is 12.3. The van der Waals surface area contributed by atoms with Gasteiger partial charge in [-0.25, -0.2) is 0 Å². The van der Waals surface area contributed by atoms with Gasteiger partial charge in [-0.1, -0.05) is 6.92 Å². The van der Waals surface area contributed by atoms with Crippen LogP contribution in [0.4, 0.5) is 0 Å². The molecule has 1 fully saturated rings. The van der Waals surface area contributed by atoms with E-state index in [1.807, 2.05) is 13.8 Å². The monoisotopic (exact) mass is 406 g/mol. The summed E-state index contributed by atoms with van der Waals surface area (Å²) in [6, 6.07) is 0.733. The molecule has 0 saturated carbocycles. The fourth-order valence-corrected chi connectivity index (χ4v) is 4.69. The molecule has 0 aromatic carbocycles. The fourth-order valence-electron chi connectivity index (χ4n) is 3.00. The van der Waals surface area contributed by atoms with E-state index in [4.69, 9.17) is 22.8 Å². The number of hydrogen-bond donors (Lipinski definition) is 1. The molecule has 0 aromatic rings. The van der Waals surface area contributed by atoms with Gasteiger partial charge in [-0.2, -0.15) is 0 Å². The minimum Gasteiger partial charge on any atom is -0.465 e. The summed E-state index contributed by atoms with van der Waals surface area (Å²) >= 11 is 0. The number of hydrogen-bond acceptors (Lipinski definition) is 8. The van der Waals surface area contributed by atoms with Gasteiger partial charge in [-0.3, -0.25) is 9.69 Å². The molecule has 1 heterocycles. The second-order valence-corrected chi connectivity index (χ2v) is 10.3. The van der Waals surface area contributed by atoms with E-state index < -0.39 is 14.3 Å². The molecule has 9 heteroatoms. The number of carbonyl (C=O) groups is 1. The van der Waals surface area contributed by atoms with Crippen LogP contribution in [0.5, 0.6) is 0 Å². The van der Waals surface area contributed by atoms with Crippen LogP contribution in [0.15, 0.2) is 0 Å². The van der Waals surface area contributed by atoms with Crippen molar-refractivity contribution in [1.29, 1.82) is 0 Å². The Hall–Kier alpha value is -0.553. The van der Waals surface area contributed by atoms with Crippen molar-refractivity contribution >= 4 is 14.8 Å². The molecule has 2 atom stereocenters. The predicted molar refractivity (Wildman–Crippen MR) is 106 cm³/mol. The third-order valence-electron chi connectivity index (χ3n) is 4.93. The van der Waals surface area contributed by atoms with E-state index in [1.165, 1.54) is 0 Å². The summed E-state index contributed by atoms with van der Waals surface area (Å²) in [6.45, 7) is 10.9. The molecule has 160 valence electrons. The molecule has 1 aliphatic heterocycles. The van der Waals surface area contributed by atoms with Crippen LogP contribution in [0.2, 0.25) is 6.04 Å². The maximum Gasteiger partial charge on any atom is 0.500 e. The molecule has 0 aliphatic carbocycles. The lowest BCUT2D eigenvalue weighted by Crippen LogP contribution is -2.52. The number of nitrogens with zero attached hydrogens (tertiary/aromatic N) is 1. The van der Waals surface area contributed by atoms with Gasteiger partial charge in [0.25, 0.3) is 0 Å². The van der Waals surface area contributed by atoms with E-state index in [0.29, 0.717) is 32.3 Å². The fraction of sp³-hybridized carbons (Fsp3) is 0.944. The summed E-state index contributed by atoms with van der Waals surface area (Å²) < 4.78 is 27.2. The van der Waals surface area contributed by atoms with E-state index in [1.54, 1.807) is 21.3 Å². The Morgan fingerprint density at radius 2 is 1.85 bits per heavy atom. The molecule has 1 N–H and O–H groups in total. The van der Waals surface area contributed by atoms with Crippen molar-refractivity contribution in [3.8, 4) is 0 Å². The number of esters is 1. The summed E-state index contributed by atoms with van der Waals surface area (Å²) in [7, 11) is 2.36. The summed E-state index contributed by atoms with van der Waals surface area (Å²) in [4.78, 5) is 14.4. The highest BCUT2D eigenvalue weighted by Crippen LogP contribution is 2.23. The Kier molecular flexibility index (Phi) is 11.0. The average molecular weight is 407 g/mol. The van der Waals surface area contributed by atoms with Gasteiger partial charge < -0.3 is 28.1 Å². The van der Waals surface area contributed by atoms with E-state index >= 15 is 0 Å². The molecular formula is C18H38N2O6Si. The van der Waals surface area contributed by atoms with Crippen molar-refractivity contribution in [1.82, 2.24) is 10.2 Å². The molecule has 1 rings (SSSR count). The Morgan fingerprint density at radius 3 is 2.37 bits per heavy atom. The Balaban J connectivity index is 2.21. The first-order valence-electron chi connectivity index (χ1n) is 9.73. The first kappa shape index (κ1) is 24.5. The van der Waals surface area contributed by atoms with Crippen LogP contribution in [0, 0.1) is 5.92 Å². The number of ether oxygens (including phenoxy) is 2. The average Bonchev–Trinajstić information content (AvgIpc) is 3.51. The largest absolute Gasteiger partial charge is 0.500 e. The zero-order valence-corrected chi connectivity index (χ0v) is 18.8. The Bertz CT molecular complexity index is 426. The summed E-state index contributed by atoms with van der Waals surface area (Å²) in [5, 5.41) is 3.40. The zero-order chi connectivity index (χ0) is 20.3. The van der Waals surface area contributed by atoms with Gasteiger partial charge in [0.05, 0.1) is 13.2 Å². The molecule has 2 unspecified atom stereocenters. The van der Waals surface area contributed by atoms with Crippen LogP contribution in [-0.4, -0.2) is 92.5 Å². The van der Waals surface area contributed by atoms with Gasteiger partial charge in [0, 0.05) is 53.6 Å². The second kappa shape index (κ2) is 12.1. The van der Waals surface area contributed by atoms with E-state index in [0.717, 1.165) is 32.1 Å². The molecule has 1 aliphatic rings. The summed E-state index contributed by atoms with van der Waals surface area (Å²) in [5.74, 6) is 0.195. The molecule has 1 saturated heterocycles. The normalized spacial score (nSPS) is 18.1. The molecule has 0 spiro atoms. The standard InChI is InChI=1S/C18H38N2O6Si/c1-7-26-17(21)18(3,20-9-10-20)15-19-13-16(2)14-25-11-8-12-27(22-4,23-5)24-6/h16,19H,7-15H2,1-6H3. The highest BCUT2D eigenvalue weighted by Gasteiger charge is 2.45. The van der Waals surface area contributed by atoms with Crippen LogP contribution >= 0.6 is 0 Å². The third-order valence-corrected chi connectivity index (χ3v) is 7.76. The van der Waals surface area contributed by atoms with Gasteiger partial charge in [-0.15, -0.1) is 0 Å². The molecule has 0 bridgehead atoms. The molecule has 0 aromatic heterocycles. The lowest BCUT2D eigenvalue weighted by Gasteiger charge is -2.29. The first-order valence-corrected chi connectivity index (χ1v) is 11.7. The lowest BCUT2D eigenvalue weighted by molar-refractivity contribution is -0.153. The van der Waals surface area contributed by atoms with Crippen LogP contribution in [0.3, 0.4) is 0 Å². The minimum absolute atomic E-state index is 0.152. The van der Waals surface area contributed by atoms with Crippen molar-refractivity contribution in [2.45, 2.75) is 38.8 Å². The molecule has 0 amide bonds. The van der Waals surface area contributed by atoms with Crippen LogP contribution in [0.1, 0.15) is 27.2 Å². The van der Waals surface area contributed by atoms with E-state index in [-0.39, 0.29) is 5.97 Å². The molecule has 0 radical (unpaired) electrons. The highest BCUT2D eigenvalue weighted by molar-refractivity contribution is 6.60. The van der Waals surface area contributed by atoms with Crippen LogP contribution in [0.25, 0.3) is 0 Å². The summed E-state index contributed by atoms with van der Waals surface area (Å²) in [6.07, 6.45) is 0.831. The number of carbonyl (C=O) groups excluding carboxylic acids is 1. The van der Waals surface area contributed by atoms with Crippen molar-refractivity contribution < 1.29 is 27.5 Å². The smallest absolute Gasteiger partial charge is 0.465 e. The van der Waals surface area contributed by atoms with Crippen LogP contribution in [-0.2, 0) is 27.5 Å². The Morgan fingerprint density at radius 1 is 1.22 bits per heavy atom. The molecule has 27 heavy (non-hydrogen) atoms. The SMILES string of the molecule is CCOC(=O)C(C)(CNCC(C)COCCC[Si](OC)(OC)OC)N1CC1. The lowest BCUT2D eigenvalue weighted by atomic mass is 10.0. The van der Waals surface area contributed by atoms with Gasteiger partial charge in [0.1, 0.15) is 5.54 Å². The molecule has 8 nitrogen and oxygen atoms in total. The zero-order valence-electron chi connectivity index (χ0n) is 17.8. The topological polar surface area (TPSA) is 78.3 Å². The predicted octanol–water partition coefficient (Wildman–Crippen LogP) is 1.13. The van der Waals surface area contributed by atoms with Gasteiger partial charge in [0.15, 0.2) is 0 Å². The first-order chi connectivity index (χ1) is 12.9. The Labute approximate surface area is 165 Å². The second-order valence-electron chi connectivity index (χ2n) is 7.19. The quantitative estimate of drug-likeness (QED) is 0.177. The van der Waals surface area contributed by atoms with Gasteiger partial charge >= 0.3 is 14.8 Å². The van der Waals surface area contributed by atoms with Crippen molar-refractivity contribution in [2.24, 2.45) is 5.92 Å². The highest BCUT2D eigenvalue weighted by atomic mass is 28.4. The maximum absolute atomic E-state index is 12.3. The van der Waals surface area contributed by atoms with Gasteiger partial charge in [-0.05, 0) is 32.7 Å². The van der Waals surface area contributed by atoms with E-state index in [9.17, 15) is 4.79 Å². The minimum atomic E-state index is -2.50.